The number of hydrogen-bond acceptors (Lipinski definition) is 2. The Morgan fingerprint density at radius 2 is 2.06 bits per heavy atom. The van der Waals surface area contributed by atoms with Crippen molar-refractivity contribution in [2.45, 2.75) is 19.4 Å². The van der Waals surface area contributed by atoms with Crippen LogP contribution >= 0.6 is 0 Å². The molecule has 1 aromatic carbocycles. The largest absolute Gasteiger partial charge is 0.476 e. The van der Waals surface area contributed by atoms with Crippen LogP contribution in [0.1, 0.15) is 22.6 Å². The molecule has 1 aliphatic heterocycles. The van der Waals surface area contributed by atoms with Crippen LogP contribution in [0.15, 0.2) is 30.3 Å². The number of imidazole rings is 1. The number of benzene rings is 1. The van der Waals surface area contributed by atoms with Crippen LogP contribution in [0.2, 0.25) is 0 Å². The van der Waals surface area contributed by atoms with E-state index in [-0.39, 0.29) is 5.69 Å². The van der Waals surface area contributed by atoms with Gasteiger partial charge in [-0.15, -0.1) is 0 Å². The van der Waals surface area contributed by atoms with Crippen LogP contribution in [0.5, 0.6) is 0 Å². The molecule has 17 heavy (non-hydrogen) atoms. The van der Waals surface area contributed by atoms with E-state index >= 15 is 0 Å². The SMILES string of the molecule is O=C(O)c1nc(-c2ccccc2)n2c1CCC2. The minimum Gasteiger partial charge on any atom is -0.476 e. The predicted molar refractivity (Wildman–Crippen MR) is 62.9 cm³/mol. The zero-order chi connectivity index (χ0) is 11.8. The molecular weight excluding hydrogens is 216 g/mol. The molecule has 0 radical (unpaired) electrons. The third kappa shape index (κ3) is 1.53. The van der Waals surface area contributed by atoms with Gasteiger partial charge in [-0.3, -0.25) is 0 Å². The first-order valence-electron chi connectivity index (χ1n) is 5.65. The van der Waals surface area contributed by atoms with Gasteiger partial charge in [-0.25, -0.2) is 9.78 Å². The molecule has 0 saturated heterocycles. The number of hydrogen-bond donors (Lipinski definition) is 1. The van der Waals surface area contributed by atoms with E-state index in [1.807, 2.05) is 34.9 Å². The third-order valence-corrected chi connectivity index (χ3v) is 3.10. The van der Waals surface area contributed by atoms with Gasteiger partial charge in [0.15, 0.2) is 5.69 Å². The van der Waals surface area contributed by atoms with Crippen molar-refractivity contribution in [3.8, 4) is 11.4 Å². The van der Waals surface area contributed by atoms with Gasteiger partial charge in [0.05, 0.1) is 5.69 Å². The maximum Gasteiger partial charge on any atom is 0.356 e. The highest BCUT2D eigenvalue weighted by atomic mass is 16.4. The minimum atomic E-state index is -0.933. The summed E-state index contributed by atoms with van der Waals surface area (Å²) in [5, 5.41) is 9.13. The highest BCUT2D eigenvalue weighted by Gasteiger charge is 2.25. The van der Waals surface area contributed by atoms with Crippen LogP contribution in [0.25, 0.3) is 11.4 Å². The Labute approximate surface area is 98.5 Å². The normalized spacial score (nSPS) is 13.6. The number of carbonyl (C=O) groups is 1. The Hall–Kier alpha value is -2.10. The average molecular weight is 228 g/mol. The molecule has 86 valence electrons. The first kappa shape index (κ1) is 10.1. The summed E-state index contributed by atoms with van der Waals surface area (Å²) in [5.41, 5.74) is 2.04. The topological polar surface area (TPSA) is 55.1 Å². The first-order chi connectivity index (χ1) is 8.27. The van der Waals surface area contributed by atoms with E-state index in [2.05, 4.69) is 4.98 Å². The zero-order valence-electron chi connectivity index (χ0n) is 9.26. The standard InChI is InChI=1S/C13H12N2O2/c16-13(17)11-10-7-4-8-15(10)12(14-11)9-5-2-1-3-6-9/h1-3,5-6H,4,7-8H2,(H,16,17). The Kier molecular flexibility index (Phi) is 2.21. The van der Waals surface area contributed by atoms with E-state index in [1.165, 1.54) is 0 Å². The van der Waals surface area contributed by atoms with Gasteiger partial charge in [0.2, 0.25) is 0 Å². The molecule has 2 aromatic rings. The molecule has 0 atom stereocenters. The summed E-state index contributed by atoms with van der Waals surface area (Å²) in [6.45, 7) is 0.861. The van der Waals surface area contributed by atoms with Crippen molar-refractivity contribution in [1.82, 2.24) is 9.55 Å². The number of aromatic nitrogens is 2. The highest BCUT2D eigenvalue weighted by Crippen LogP contribution is 2.27. The van der Waals surface area contributed by atoms with Crippen LogP contribution in [0, 0.1) is 0 Å². The van der Waals surface area contributed by atoms with Crippen molar-refractivity contribution < 1.29 is 9.90 Å². The van der Waals surface area contributed by atoms with Crippen molar-refractivity contribution >= 4 is 5.97 Å². The van der Waals surface area contributed by atoms with Gasteiger partial charge >= 0.3 is 5.97 Å². The molecule has 4 nitrogen and oxygen atoms in total. The van der Waals surface area contributed by atoms with Crippen molar-refractivity contribution in [1.29, 1.82) is 0 Å². The molecule has 0 saturated carbocycles. The summed E-state index contributed by atoms with van der Waals surface area (Å²) in [5.74, 6) is -0.159. The fourth-order valence-corrected chi connectivity index (χ4v) is 2.36. The van der Waals surface area contributed by atoms with E-state index in [0.717, 1.165) is 36.5 Å². The number of carboxylic acid groups (broad SMARTS) is 1. The molecule has 2 heterocycles. The molecule has 1 aliphatic rings. The van der Waals surface area contributed by atoms with Gasteiger partial charge in [-0.05, 0) is 12.8 Å². The molecule has 3 rings (SSSR count). The summed E-state index contributed by atoms with van der Waals surface area (Å²) < 4.78 is 2.03. The lowest BCUT2D eigenvalue weighted by molar-refractivity contribution is 0.0690. The van der Waals surface area contributed by atoms with Crippen molar-refractivity contribution in [3.05, 3.63) is 41.7 Å². The van der Waals surface area contributed by atoms with E-state index in [4.69, 9.17) is 5.11 Å². The number of nitrogens with zero attached hydrogens (tertiary/aromatic N) is 2. The van der Waals surface area contributed by atoms with Crippen LogP contribution in [0.4, 0.5) is 0 Å². The molecule has 0 unspecified atom stereocenters. The fraction of sp³-hybridized carbons (Fsp3) is 0.231. The average Bonchev–Trinajstić information content (AvgIpc) is 2.90. The van der Waals surface area contributed by atoms with E-state index < -0.39 is 5.97 Å². The zero-order valence-corrected chi connectivity index (χ0v) is 9.26. The molecule has 0 fully saturated rings. The van der Waals surface area contributed by atoms with Gasteiger partial charge in [-0.2, -0.15) is 0 Å². The second-order valence-corrected chi connectivity index (χ2v) is 4.16. The van der Waals surface area contributed by atoms with Crippen LogP contribution in [-0.4, -0.2) is 20.6 Å². The van der Waals surface area contributed by atoms with Crippen molar-refractivity contribution in [3.63, 3.8) is 0 Å². The maximum absolute atomic E-state index is 11.1. The molecule has 4 heteroatoms. The highest BCUT2D eigenvalue weighted by molar-refractivity contribution is 5.88. The van der Waals surface area contributed by atoms with Crippen LogP contribution in [-0.2, 0) is 13.0 Å². The van der Waals surface area contributed by atoms with Crippen LogP contribution < -0.4 is 0 Å². The number of carboxylic acids is 1. The lowest BCUT2D eigenvalue weighted by Crippen LogP contribution is -2.00. The van der Waals surface area contributed by atoms with Crippen molar-refractivity contribution in [2.75, 3.05) is 0 Å². The first-order valence-corrected chi connectivity index (χ1v) is 5.65. The van der Waals surface area contributed by atoms with Crippen LogP contribution in [0.3, 0.4) is 0 Å². The second kappa shape index (κ2) is 3.73. The Morgan fingerprint density at radius 3 is 2.76 bits per heavy atom. The Morgan fingerprint density at radius 1 is 1.29 bits per heavy atom. The molecular formula is C13H12N2O2. The summed E-state index contributed by atoms with van der Waals surface area (Å²) in [6.07, 6.45) is 1.80. The summed E-state index contributed by atoms with van der Waals surface area (Å²) >= 11 is 0. The Bertz CT molecular complexity index is 573. The van der Waals surface area contributed by atoms with E-state index in [1.54, 1.807) is 0 Å². The molecule has 1 N–H and O–H groups in total. The van der Waals surface area contributed by atoms with Gasteiger partial charge in [0, 0.05) is 12.1 Å². The second-order valence-electron chi connectivity index (χ2n) is 4.16. The predicted octanol–water partition coefficient (Wildman–Crippen LogP) is 2.19. The number of fused-ring (bicyclic) bond motifs is 1. The van der Waals surface area contributed by atoms with Gasteiger partial charge in [-0.1, -0.05) is 30.3 Å². The lowest BCUT2D eigenvalue weighted by Gasteiger charge is -2.03. The Balaban J connectivity index is 2.19. The lowest BCUT2D eigenvalue weighted by atomic mass is 10.2. The minimum absolute atomic E-state index is 0.210. The smallest absolute Gasteiger partial charge is 0.356 e. The summed E-state index contributed by atoms with van der Waals surface area (Å²) in [6, 6.07) is 9.73. The quantitative estimate of drug-likeness (QED) is 0.857. The molecule has 0 spiro atoms. The number of aromatic carboxylic acids is 1. The maximum atomic E-state index is 11.1. The van der Waals surface area contributed by atoms with Gasteiger partial charge in [0.1, 0.15) is 5.82 Å². The van der Waals surface area contributed by atoms with E-state index in [9.17, 15) is 4.79 Å². The molecule has 0 amide bonds. The molecule has 1 aromatic heterocycles. The van der Waals surface area contributed by atoms with Crippen molar-refractivity contribution in [2.24, 2.45) is 0 Å². The van der Waals surface area contributed by atoms with Gasteiger partial charge in [0.25, 0.3) is 0 Å². The number of rotatable bonds is 2. The molecule has 0 aliphatic carbocycles. The van der Waals surface area contributed by atoms with E-state index in [0.29, 0.717) is 0 Å². The third-order valence-electron chi connectivity index (χ3n) is 3.10. The summed E-state index contributed by atoms with van der Waals surface area (Å²) in [4.78, 5) is 15.4. The monoisotopic (exact) mass is 228 g/mol. The van der Waals surface area contributed by atoms with Gasteiger partial charge < -0.3 is 9.67 Å². The molecule has 0 bridgehead atoms. The fourth-order valence-electron chi connectivity index (χ4n) is 2.36. The summed E-state index contributed by atoms with van der Waals surface area (Å²) in [7, 11) is 0.